The zero-order valence-corrected chi connectivity index (χ0v) is 23.2. The summed E-state index contributed by atoms with van der Waals surface area (Å²) in [5.74, 6) is -1.48. The second kappa shape index (κ2) is 13.1. The van der Waals surface area contributed by atoms with Crippen molar-refractivity contribution in [3.63, 3.8) is 0 Å². The van der Waals surface area contributed by atoms with E-state index in [-0.39, 0.29) is 36.9 Å². The summed E-state index contributed by atoms with van der Waals surface area (Å²) >= 11 is 0. The Balaban J connectivity index is 1.77. The lowest BCUT2D eigenvalue weighted by molar-refractivity contribution is -0.120. The fourth-order valence-electron chi connectivity index (χ4n) is 5.28. The summed E-state index contributed by atoms with van der Waals surface area (Å²) in [5, 5.41) is 17.1. The summed E-state index contributed by atoms with van der Waals surface area (Å²) in [6.07, 6.45) is 2.10. The molecule has 7 nitrogen and oxygen atoms in total. The van der Waals surface area contributed by atoms with Crippen molar-refractivity contribution < 1.29 is 27.1 Å². The van der Waals surface area contributed by atoms with E-state index in [0.717, 1.165) is 17.9 Å². The molecule has 2 aromatic rings. The maximum Gasteiger partial charge on any atom is 0.217 e. The molecule has 5 atom stereocenters. The Hall–Kier alpha value is -2.40. The number of carbonyl (C=O) groups excluding carboxylic acids is 1. The van der Waals surface area contributed by atoms with Crippen LogP contribution in [0, 0.1) is 11.6 Å². The number of halogens is 2. The second-order valence-corrected chi connectivity index (χ2v) is 12.5. The molecule has 0 aliphatic heterocycles. The van der Waals surface area contributed by atoms with Crippen LogP contribution in [0.1, 0.15) is 68.6 Å². The molecule has 2 aromatic carbocycles. The zero-order valence-electron chi connectivity index (χ0n) is 22.4. The fraction of sp³-hybridized carbons (Fsp3) is 0.536. The molecule has 0 bridgehead atoms. The minimum Gasteiger partial charge on any atom is -0.390 e. The highest BCUT2D eigenvalue weighted by molar-refractivity contribution is 7.88. The SMILES string of the molecule is CC(=O)NC(Cc1cc(F)cc(F)c1)C(O)CNC1CCC(NS(C)(=O)=O)CC1c1cccc(C(C)C)c1. The van der Waals surface area contributed by atoms with E-state index in [4.69, 9.17) is 0 Å². The molecule has 1 amide bonds. The van der Waals surface area contributed by atoms with Crippen LogP contribution in [-0.4, -0.2) is 56.5 Å². The van der Waals surface area contributed by atoms with Gasteiger partial charge in [-0.25, -0.2) is 21.9 Å². The fourth-order valence-corrected chi connectivity index (χ4v) is 6.10. The molecule has 0 radical (unpaired) electrons. The Bertz CT molecular complexity index is 1190. The number of nitrogens with one attached hydrogen (secondary N) is 3. The van der Waals surface area contributed by atoms with Crippen molar-refractivity contribution >= 4 is 15.9 Å². The van der Waals surface area contributed by atoms with E-state index in [2.05, 4.69) is 41.3 Å². The van der Waals surface area contributed by atoms with Gasteiger partial charge in [0.25, 0.3) is 0 Å². The van der Waals surface area contributed by atoms with Crippen LogP contribution in [0.2, 0.25) is 0 Å². The molecule has 1 fully saturated rings. The summed E-state index contributed by atoms with van der Waals surface area (Å²) < 4.78 is 53.9. The molecule has 210 valence electrons. The van der Waals surface area contributed by atoms with Crippen molar-refractivity contribution in [2.45, 2.75) is 82.5 Å². The molecule has 1 aliphatic carbocycles. The summed E-state index contributed by atoms with van der Waals surface area (Å²) in [7, 11) is -3.36. The van der Waals surface area contributed by atoms with Crippen LogP contribution in [0.3, 0.4) is 0 Å². The van der Waals surface area contributed by atoms with Gasteiger partial charge in [0, 0.05) is 37.5 Å². The Morgan fingerprint density at radius 1 is 1.11 bits per heavy atom. The first-order chi connectivity index (χ1) is 17.8. The predicted octanol–water partition coefficient (Wildman–Crippen LogP) is 3.34. The van der Waals surface area contributed by atoms with Gasteiger partial charge in [0.15, 0.2) is 0 Å². The maximum atomic E-state index is 13.7. The average molecular weight is 552 g/mol. The summed E-state index contributed by atoms with van der Waals surface area (Å²) in [6, 6.07) is 10.4. The predicted molar refractivity (Wildman–Crippen MR) is 144 cm³/mol. The van der Waals surface area contributed by atoms with Gasteiger partial charge in [-0.3, -0.25) is 4.79 Å². The first-order valence-corrected chi connectivity index (χ1v) is 14.9. The van der Waals surface area contributed by atoms with E-state index in [1.807, 2.05) is 12.1 Å². The van der Waals surface area contributed by atoms with Crippen molar-refractivity contribution in [1.29, 1.82) is 0 Å². The molecule has 1 aliphatic rings. The topological polar surface area (TPSA) is 108 Å². The molecule has 5 unspecified atom stereocenters. The number of aliphatic hydroxyl groups excluding tert-OH is 1. The average Bonchev–Trinajstić information content (AvgIpc) is 2.80. The largest absolute Gasteiger partial charge is 0.390 e. The molecule has 38 heavy (non-hydrogen) atoms. The van der Waals surface area contributed by atoms with Crippen molar-refractivity contribution in [2.24, 2.45) is 0 Å². The smallest absolute Gasteiger partial charge is 0.217 e. The lowest BCUT2D eigenvalue weighted by atomic mass is 9.77. The molecule has 10 heteroatoms. The lowest BCUT2D eigenvalue weighted by Gasteiger charge is -2.38. The number of aliphatic hydroxyl groups is 1. The highest BCUT2D eigenvalue weighted by Crippen LogP contribution is 2.35. The molecular weight excluding hydrogens is 512 g/mol. The van der Waals surface area contributed by atoms with Gasteiger partial charge in [-0.1, -0.05) is 38.1 Å². The Morgan fingerprint density at radius 3 is 2.39 bits per heavy atom. The highest BCUT2D eigenvalue weighted by Gasteiger charge is 2.34. The van der Waals surface area contributed by atoms with Crippen LogP contribution in [-0.2, 0) is 21.2 Å². The van der Waals surface area contributed by atoms with Crippen LogP contribution in [0.5, 0.6) is 0 Å². The van der Waals surface area contributed by atoms with Crippen molar-refractivity contribution in [3.05, 3.63) is 70.8 Å². The minimum absolute atomic E-state index is 0.00886. The van der Waals surface area contributed by atoms with Gasteiger partial charge in [-0.15, -0.1) is 0 Å². The lowest BCUT2D eigenvalue weighted by Crippen LogP contribution is -2.52. The third kappa shape index (κ3) is 9.11. The number of benzene rings is 2. The van der Waals surface area contributed by atoms with Crippen LogP contribution in [0.4, 0.5) is 8.78 Å². The van der Waals surface area contributed by atoms with Gasteiger partial charge >= 0.3 is 0 Å². The van der Waals surface area contributed by atoms with E-state index in [1.165, 1.54) is 24.6 Å². The van der Waals surface area contributed by atoms with Crippen LogP contribution >= 0.6 is 0 Å². The number of hydrogen-bond acceptors (Lipinski definition) is 5. The first-order valence-electron chi connectivity index (χ1n) is 13.0. The van der Waals surface area contributed by atoms with Crippen LogP contribution < -0.4 is 15.4 Å². The molecule has 0 saturated heterocycles. The quantitative estimate of drug-likeness (QED) is 0.343. The third-order valence-corrected chi connectivity index (χ3v) is 7.82. The van der Waals surface area contributed by atoms with E-state index in [9.17, 15) is 27.1 Å². The van der Waals surface area contributed by atoms with Gasteiger partial charge in [-0.05, 0) is 60.4 Å². The molecule has 0 heterocycles. The Labute approximate surface area is 224 Å². The maximum absolute atomic E-state index is 13.7. The van der Waals surface area contributed by atoms with Gasteiger partial charge in [0.05, 0.1) is 18.4 Å². The van der Waals surface area contributed by atoms with Crippen molar-refractivity contribution in [3.8, 4) is 0 Å². The molecule has 1 saturated carbocycles. The Kier molecular flexibility index (Phi) is 10.4. The summed E-state index contributed by atoms with van der Waals surface area (Å²) in [6.45, 7) is 5.70. The number of carbonyl (C=O) groups is 1. The number of rotatable bonds is 11. The van der Waals surface area contributed by atoms with Gasteiger partial charge < -0.3 is 15.7 Å². The molecule has 0 spiro atoms. The molecule has 3 rings (SSSR count). The normalized spacial score (nSPS) is 21.7. The highest BCUT2D eigenvalue weighted by atomic mass is 32.2. The van der Waals surface area contributed by atoms with Gasteiger partial charge in [-0.2, -0.15) is 0 Å². The van der Waals surface area contributed by atoms with E-state index in [1.54, 1.807) is 0 Å². The molecule has 0 aromatic heterocycles. The van der Waals surface area contributed by atoms with Gasteiger partial charge in [0.1, 0.15) is 11.6 Å². The number of hydrogen-bond donors (Lipinski definition) is 4. The van der Waals surface area contributed by atoms with Crippen molar-refractivity contribution in [2.75, 3.05) is 12.8 Å². The van der Waals surface area contributed by atoms with Gasteiger partial charge in [0.2, 0.25) is 15.9 Å². The monoisotopic (exact) mass is 551 g/mol. The van der Waals surface area contributed by atoms with E-state index >= 15 is 0 Å². The zero-order chi connectivity index (χ0) is 28.0. The van der Waals surface area contributed by atoms with E-state index in [0.29, 0.717) is 30.7 Å². The standard InChI is InChI=1S/C28H39F2N3O4S/c1-17(2)20-6-5-7-21(13-20)25-15-24(33-38(4,36)37)8-9-26(25)31-16-28(35)27(32-18(3)34)12-19-10-22(29)14-23(30)11-19/h5-7,10-11,13-14,17,24-28,31,33,35H,8-9,12,15-16H2,1-4H3,(H,32,34). The van der Waals surface area contributed by atoms with Crippen LogP contribution in [0.15, 0.2) is 42.5 Å². The van der Waals surface area contributed by atoms with Crippen LogP contribution in [0.25, 0.3) is 0 Å². The number of sulfonamides is 1. The third-order valence-electron chi connectivity index (χ3n) is 7.06. The Morgan fingerprint density at radius 2 is 1.79 bits per heavy atom. The van der Waals surface area contributed by atoms with Crippen molar-refractivity contribution in [1.82, 2.24) is 15.4 Å². The minimum atomic E-state index is -3.36. The summed E-state index contributed by atoms with van der Waals surface area (Å²) in [5.41, 5.74) is 2.61. The van der Waals surface area contributed by atoms with E-state index < -0.39 is 33.8 Å². The second-order valence-electron chi connectivity index (χ2n) is 10.7. The first kappa shape index (κ1) is 30.1. The molecule has 4 N–H and O–H groups in total. The number of amides is 1. The summed E-state index contributed by atoms with van der Waals surface area (Å²) in [4.78, 5) is 11.8. The molecular formula is C28H39F2N3O4S.